The number of ether oxygens (including phenoxy) is 2. The van der Waals surface area contributed by atoms with Crippen molar-refractivity contribution in [2.24, 2.45) is 0 Å². The second-order valence-corrected chi connectivity index (χ2v) is 8.31. The van der Waals surface area contributed by atoms with Gasteiger partial charge in [0.2, 0.25) is 0 Å². The molecule has 0 saturated heterocycles. The minimum atomic E-state index is -0.365. The Kier molecular flexibility index (Phi) is 6.36. The van der Waals surface area contributed by atoms with Crippen molar-refractivity contribution >= 4 is 28.2 Å². The highest BCUT2D eigenvalue weighted by atomic mass is 32.1. The Hall–Kier alpha value is -2.38. The monoisotopic (exact) mass is 403 g/mol. The lowest BCUT2D eigenvalue weighted by atomic mass is 10.0. The summed E-state index contributed by atoms with van der Waals surface area (Å²) in [4.78, 5) is 27.8. The number of hydrogen-bond acceptors (Lipinski definition) is 5. The van der Waals surface area contributed by atoms with Gasteiger partial charge in [-0.15, -0.1) is 11.3 Å². The highest BCUT2D eigenvalue weighted by Crippen LogP contribution is 2.35. The van der Waals surface area contributed by atoms with Crippen molar-refractivity contribution in [1.29, 1.82) is 0 Å². The van der Waals surface area contributed by atoms with Crippen molar-refractivity contribution in [2.75, 3.05) is 25.5 Å². The van der Waals surface area contributed by atoms with Crippen LogP contribution >= 0.6 is 11.3 Å². The number of carbonyl (C=O) groups is 2. The fraction of sp³-hybridized carbons (Fsp3) is 0.429. The van der Waals surface area contributed by atoms with E-state index in [2.05, 4.69) is 12.4 Å². The third kappa shape index (κ3) is 4.54. The van der Waals surface area contributed by atoms with Gasteiger partial charge in [-0.2, -0.15) is 0 Å². The molecule has 1 atom stereocenters. The van der Waals surface area contributed by atoms with Gasteiger partial charge in [0.05, 0.1) is 36.7 Å². The van der Waals surface area contributed by atoms with E-state index in [1.165, 1.54) is 16.2 Å². The summed E-state index contributed by atoms with van der Waals surface area (Å²) >= 11 is 1.48. The van der Waals surface area contributed by atoms with Crippen molar-refractivity contribution < 1.29 is 24.0 Å². The number of quaternary nitrogens is 1. The smallest absolute Gasteiger partial charge is 0.341 e. The van der Waals surface area contributed by atoms with Gasteiger partial charge >= 0.3 is 5.97 Å². The van der Waals surface area contributed by atoms with Gasteiger partial charge in [0, 0.05) is 12.0 Å². The zero-order chi connectivity index (χ0) is 20.3. The molecule has 0 spiro atoms. The molecule has 0 fully saturated rings. The summed E-state index contributed by atoms with van der Waals surface area (Å²) in [5.41, 5.74) is 2.05. The lowest BCUT2D eigenvalue weighted by Crippen LogP contribution is -3.08. The summed E-state index contributed by atoms with van der Waals surface area (Å²) < 4.78 is 10.9. The van der Waals surface area contributed by atoms with Gasteiger partial charge in [-0.3, -0.25) is 4.79 Å². The molecule has 3 rings (SSSR count). The molecule has 7 heteroatoms. The Morgan fingerprint density at radius 2 is 1.96 bits per heavy atom. The number of likely N-dealkylation sites (N-methyl/N-ethyl adjacent to an activating group) is 1. The minimum absolute atomic E-state index is 0.0736. The van der Waals surface area contributed by atoms with E-state index in [1.54, 1.807) is 31.2 Å². The number of thiophene rings is 1. The molecule has 1 amide bonds. The summed E-state index contributed by atoms with van der Waals surface area (Å²) in [6.07, 6.45) is 0.882. The van der Waals surface area contributed by atoms with E-state index < -0.39 is 0 Å². The average Bonchev–Trinajstić information content (AvgIpc) is 2.98. The van der Waals surface area contributed by atoms with Gasteiger partial charge in [-0.25, -0.2) is 4.79 Å². The molecular formula is C21H27N2O4S+. The number of fused-ring (bicyclic) bond motifs is 1. The normalized spacial score (nSPS) is 15.8. The maximum absolute atomic E-state index is 12.8. The summed E-state index contributed by atoms with van der Waals surface area (Å²) in [6.45, 7) is 7.81. The van der Waals surface area contributed by atoms with E-state index in [-0.39, 0.29) is 18.0 Å². The highest BCUT2D eigenvalue weighted by Gasteiger charge is 2.30. The second kappa shape index (κ2) is 8.75. The Morgan fingerprint density at radius 3 is 2.61 bits per heavy atom. The zero-order valence-corrected chi connectivity index (χ0v) is 17.6. The Labute approximate surface area is 169 Å². The van der Waals surface area contributed by atoms with Crippen LogP contribution in [0.15, 0.2) is 24.3 Å². The van der Waals surface area contributed by atoms with Crippen LogP contribution in [0.2, 0.25) is 0 Å². The quantitative estimate of drug-likeness (QED) is 0.728. The molecule has 6 nitrogen and oxygen atoms in total. The molecule has 2 heterocycles. The lowest BCUT2D eigenvalue weighted by molar-refractivity contribution is -0.895. The Bertz CT molecular complexity index is 858. The number of rotatable bonds is 6. The molecule has 0 radical (unpaired) electrons. The first kappa shape index (κ1) is 20.4. The molecule has 1 aromatic carbocycles. The van der Waals surface area contributed by atoms with Gasteiger partial charge in [-0.1, -0.05) is 0 Å². The number of benzene rings is 1. The topological polar surface area (TPSA) is 69.1 Å². The molecule has 0 aliphatic carbocycles. The van der Waals surface area contributed by atoms with Gasteiger partial charge in [-0.05, 0) is 50.6 Å². The summed E-state index contributed by atoms with van der Waals surface area (Å²) in [7, 11) is 2.13. The predicted molar refractivity (Wildman–Crippen MR) is 110 cm³/mol. The molecule has 0 bridgehead atoms. The van der Waals surface area contributed by atoms with Crippen molar-refractivity contribution in [3.8, 4) is 5.75 Å². The van der Waals surface area contributed by atoms with Crippen LogP contribution in [-0.2, 0) is 17.7 Å². The number of amides is 1. The van der Waals surface area contributed by atoms with E-state index in [4.69, 9.17) is 9.47 Å². The maximum atomic E-state index is 12.8. The molecule has 150 valence electrons. The van der Waals surface area contributed by atoms with Gasteiger partial charge in [0.1, 0.15) is 17.3 Å². The zero-order valence-electron chi connectivity index (χ0n) is 16.8. The molecule has 28 heavy (non-hydrogen) atoms. The molecule has 1 aromatic heterocycles. The highest BCUT2D eigenvalue weighted by molar-refractivity contribution is 7.17. The van der Waals surface area contributed by atoms with Crippen LogP contribution in [0.25, 0.3) is 0 Å². The fourth-order valence-corrected chi connectivity index (χ4v) is 4.60. The standard InChI is InChI=1S/C21H26N2O4S/c1-5-26-21(25)18-16-10-11-23(4)12-17(16)28-20(18)22-19(24)14-6-8-15(9-7-14)27-13(2)3/h6-9,13H,5,10-12H2,1-4H3,(H,22,24)/p+1. The van der Waals surface area contributed by atoms with E-state index in [0.717, 1.165) is 35.7 Å². The van der Waals surface area contributed by atoms with Crippen LogP contribution in [-0.4, -0.2) is 38.2 Å². The van der Waals surface area contributed by atoms with Gasteiger partial charge < -0.3 is 19.7 Å². The SMILES string of the molecule is CCOC(=O)c1c(NC(=O)c2ccc(OC(C)C)cc2)sc2c1CC[NH+](C)C2. The minimum Gasteiger partial charge on any atom is -0.491 e. The van der Waals surface area contributed by atoms with E-state index in [1.807, 2.05) is 13.8 Å². The summed E-state index contributed by atoms with van der Waals surface area (Å²) in [5, 5.41) is 3.50. The third-order valence-corrected chi connectivity index (χ3v) is 5.70. The molecule has 2 N–H and O–H groups in total. The molecule has 1 aliphatic rings. The van der Waals surface area contributed by atoms with Crippen molar-refractivity contribution in [2.45, 2.75) is 39.8 Å². The molecule has 2 aromatic rings. The number of carbonyl (C=O) groups excluding carboxylic acids is 2. The van der Waals surface area contributed by atoms with Gasteiger partial charge in [0.15, 0.2) is 0 Å². The van der Waals surface area contributed by atoms with Crippen LogP contribution in [0, 0.1) is 0 Å². The molecule has 1 aliphatic heterocycles. The summed E-state index contributed by atoms with van der Waals surface area (Å²) in [6, 6.07) is 7.00. The lowest BCUT2D eigenvalue weighted by Gasteiger charge is -2.19. The van der Waals surface area contributed by atoms with Crippen LogP contribution < -0.4 is 15.0 Å². The number of hydrogen-bond donors (Lipinski definition) is 2. The Balaban J connectivity index is 1.84. The van der Waals surface area contributed by atoms with E-state index >= 15 is 0 Å². The number of nitrogens with one attached hydrogen (secondary N) is 2. The van der Waals surface area contributed by atoms with Crippen molar-refractivity contribution in [3.05, 3.63) is 45.8 Å². The van der Waals surface area contributed by atoms with E-state index in [0.29, 0.717) is 22.7 Å². The molecule has 1 unspecified atom stereocenters. The second-order valence-electron chi connectivity index (χ2n) is 7.21. The fourth-order valence-electron chi connectivity index (χ4n) is 3.26. The number of esters is 1. The Morgan fingerprint density at radius 1 is 1.25 bits per heavy atom. The largest absolute Gasteiger partial charge is 0.491 e. The van der Waals surface area contributed by atoms with Crippen LogP contribution in [0.3, 0.4) is 0 Å². The third-order valence-electron chi connectivity index (χ3n) is 4.55. The van der Waals surface area contributed by atoms with E-state index in [9.17, 15) is 9.59 Å². The first-order chi connectivity index (χ1) is 13.4. The average molecular weight is 404 g/mol. The number of anilines is 1. The first-order valence-electron chi connectivity index (χ1n) is 9.60. The van der Waals surface area contributed by atoms with Crippen LogP contribution in [0.4, 0.5) is 5.00 Å². The molecule has 0 saturated carbocycles. The first-order valence-corrected chi connectivity index (χ1v) is 10.4. The summed E-state index contributed by atoms with van der Waals surface area (Å²) in [5.74, 6) is 0.104. The predicted octanol–water partition coefficient (Wildman–Crippen LogP) is 2.54. The van der Waals surface area contributed by atoms with Crippen LogP contribution in [0.1, 0.15) is 51.9 Å². The van der Waals surface area contributed by atoms with Gasteiger partial charge in [0.25, 0.3) is 5.91 Å². The maximum Gasteiger partial charge on any atom is 0.341 e. The van der Waals surface area contributed by atoms with Crippen molar-refractivity contribution in [3.63, 3.8) is 0 Å². The molecular weight excluding hydrogens is 376 g/mol. The van der Waals surface area contributed by atoms with Crippen molar-refractivity contribution in [1.82, 2.24) is 0 Å². The van der Waals surface area contributed by atoms with Crippen LogP contribution in [0.5, 0.6) is 5.75 Å².